The number of carboxylic acid groups (broad SMARTS) is 1. The fraction of sp³-hybridized carbons (Fsp3) is 0.667. The molecular weight excluding hydrogens is 222 g/mol. The summed E-state index contributed by atoms with van der Waals surface area (Å²) < 4.78 is 5.30. The summed E-state index contributed by atoms with van der Waals surface area (Å²) in [7, 11) is 0. The number of aliphatic carboxylic acids is 1. The number of carboxylic acids is 1. The van der Waals surface area contributed by atoms with E-state index >= 15 is 0 Å². The number of amides is 1. The minimum atomic E-state index is -1.02. The maximum atomic E-state index is 11.8. The van der Waals surface area contributed by atoms with Crippen molar-refractivity contribution in [1.82, 2.24) is 5.32 Å². The summed E-state index contributed by atoms with van der Waals surface area (Å²) in [5.74, 6) is -1.34. The molecule has 96 valence electrons. The number of hydrogen-bond donors (Lipinski definition) is 2. The van der Waals surface area contributed by atoms with E-state index in [9.17, 15) is 9.59 Å². The van der Waals surface area contributed by atoms with E-state index < -0.39 is 18.1 Å². The fourth-order valence-electron chi connectivity index (χ4n) is 1.75. The van der Waals surface area contributed by atoms with Crippen molar-refractivity contribution in [3.05, 3.63) is 12.7 Å². The zero-order valence-corrected chi connectivity index (χ0v) is 9.85. The Morgan fingerprint density at radius 3 is 2.82 bits per heavy atom. The predicted molar refractivity (Wildman–Crippen MR) is 62.6 cm³/mol. The van der Waals surface area contributed by atoms with E-state index in [1.807, 2.05) is 0 Å². The van der Waals surface area contributed by atoms with Gasteiger partial charge in [-0.2, -0.15) is 0 Å². The largest absolute Gasteiger partial charge is 0.480 e. The van der Waals surface area contributed by atoms with Gasteiger partial charge in [-0.25, -0.2) is 4.79 Å². The molecule has 2 N–H and O–H groups in total. The standard InChI is InChI=1S/C12H19NO4/c1-2-3-6-9(12(15)16)13-11(14)10-7-4-5-8-17-10/h2,9-10H,1,3-8H2,(H,13,14)(H,15,16). The molecule has 1 rings (SSSR count). The average molecular weight is 241 g/mol. The van der Waals surface area contributed by atoms with Crippen molar-refractivity contribution in [2.24, 2.45) is 0 Å². The molecule has 1 saturated heterocycles. The van der Waals surface area contributed by atoms with Crippen LogP contribution in [0.15, 0.2) is 12.7 Å². The van der Waals surface area contributed by atoms with Gasteiger partial charge >= 0.3 is 5.97 Å². The van der Waals surface area contributed by atoms with Crippen LogP contribution >= 0.6 is 0 Å². The molecule has 5 nitrogen and oxygen atoms in total. The second-order valence-electron chi connectivity index (χ2n) is 4.12. The molecule has 0 radical (unpaired) electrons. The van der Waals surface area contributed by atoms with E-state index in [-0.39, 0.29) is 5.91 Å². The SMILES string of the molecule is C=CCCC(NC(=O)C1CCCCO1)C(=O)O. The molecule has 2 unspecified atom stereocenters. The lowest BCUT2D eigenvalue weighted by molar-refractivity contribution is -0.145. The molecule has 0 bridgehead atoms. The molecule has 0 aromatic rings. The normalized spacial score (nSPS) is 21.5. The first-order valence-corrected chi connectivity index (χ1v) is 5.91. The first kappa shape index (κ1) is 13.7. The van der Waals surface area contributed by atoms with Gasteiger partial charge in [-0.1, -0.05) is 6.08 Å². The number of rotatable bonds is 6. The van der Waals surface area contributed by atoms with Gasteiger partial charge in [0.1, 0.15) is 12.1 Å². The Labute approximate surface area is 101 Å². The molecular formula is C12H19NO4. The summed E-state index contributed by atoms with van der Waals surface area (Å²) in [5, 5.41) is 11.5. The molecule has 2 atom stereocenters. The molecule has 1 amide bonds. The highest BCUT2D eigenvalue weighted by Gasteiger charge is 2.26. The number of ether oxygens (including phenoxy) is 1. The van der Waals surface area contributed by atoms with Crippen LogP contribution in [0.4, 0.5) is 0 Å². The number of hydrogen-bond acceptors (Lipinski definition) is 3. The van der Waals surface area contributed by atoms with Crippen LogP contribution in [0.25, 0.3) is 0 Å². The molecule has 5 heteroatoms. The van der Waals surface area contributed by atoms with Gasteiger partial charge in [0.05, 0.1) is 0 Å². The Bertz CT molecular complexity index is 284. The summed E-state index contributed by atoms with van der Waals surface area (Å²) in [6, 6.07) is -0.856. The van der Waals surface area contributed by atoms with E-state index in [4.69, 9.17) is 9.84 Å². The zero-order chi connectivity index (χ0) is 12.7. The third-order valence-electron chi connectivity index (χ3n) is 2.75. The first-order chi connectivity index (χ1) is 8.15. The molecule has 1 aliphatic rings. The maximum Gasteiger partial charge on any atom is 0.326 e. The fourth-order valence-corrected chi connectivity index (χ4v) is 1.75. The highest BCUT2D eigenvalue weighted by molar-refractivity contribution is 5.86. The summed E-state index contributed by atoms with van der Waals surface area (Å²) in [4.78, 5) is 22.7. The van der Waals surface area contributed by atoms with Crippen LogP contribution in [0.1, 0.15) is 32.1 Å². The zero-order valence-electron chi connectivity index (χ0n) is 9.85. The molecule has 0 aliphatic carbocycles. The van der Waals surface area contributed by atoms with Crippen molar-refractivity contribution in [2.45, 2.75) is 44.2 Å². The van der Waals surface area contributed by atoms with Crippen molar-refractivity contribution >= 4 is 11.9 Å². The van der Waals surface area contributed by atoms with Crippen LogP contribution in [0.3, 0.4) is 0 Å². The molecule has 1 heterocycles. The molecule has 0 aromatic carbocycles. The van der Waals surface area contributed by atoms with Crippen molar-refractivity contribution < 1.29 is 19.4 Å². The van der Waals surface area contributed by atoms with Gasteiger partial charge in [0.2, 0.25) is 5.91 Å². The van der Waals surface area contributed by atoms with Gasteiger partial charge in [-0.15, -0.1) is 6.58 Å². The highest BCUT2D eigenvalue weighted by Crippen LogP contribution is 2.13. The number of carbonyl (C=O) groups is 2. The van der Waals surface area contributed by atoms with Crippen LogP contribution in [0.2, 0.25) is 0 Å². The van der Waals surface area contributed by atoms with Crippen LogP contribution < -0.4 is 5.32 Å². The summed E-state index contributed by atoms with van der Waals surface area (Å²) in [5.41, 5.74) is 0. The van der Waals surface area contributed by atoms with E-state index in [0.29, 0.717) is 25.9 Å². The minimum Gasteiger partial charge on any atom is -0.480 e. The summed E-state index contributed by atoms with van der Waals surface area (Å²) in [6.07, 6.45) is 4.64. The van der Waals surface area contributed by atoms with Crippen LogP contribution in [0, 0.1) is 0 Å². The van der Waals surface area contributed by atoms with Crippen LogP contribution in [0.5, 0.6) is 0 Å². The monoisotopic (exact) mass is 241 g/mol. The van der Waals surface area contributed by atoms with Crippen molar-refractivity contribution in [2.75, 3.05) is 6.61 Å². The molecule has 17 heavy (non-hydrogen) atoms. The molecule has 0 spiro atoms. The third kappa shape index (κ3) is 4.56. The van der Waals surface area contributed by atoms with E-state index in [1.54, 1.807) is 6.08 Å². The van der Waals surface area contributed by atoms with Gasteiger partial charge in [-0.3, -0.25) is 4.79 Å². The minimum absolute atomic E-state index is 0.318. The van der Waals surface area contributed by atoms with E-state index in [1.165, 1.54) is 0 Å². The summed E-state index contributed by atoms with van der Waals surface area (Å²) in [6.45, 7) is 4.10. The molecule has 0 aromatic heterocycles. The second kappa shape index (κ2) is 7.06. The number of allylic oxidation sites excluding steroid dienone is 1. The lowest BCUT2D eigenvalue weighted by Gasteiger charge is -2.23. The van der Waals surface area contributed by atoms with E-state index in [2.05, 4.69) is 11.9 Å². The Kier molecular flexibility index (Phi) is 5.69. The Morgan fingerprint density at radius 2 is 2.29 bits per heavy atom. The first-order valence-electron chi connectivity index (χ1n) is 5.91. The number of carbonyl (C=O) groups excluding carboxylic acids is 1. The smallest absolute Gasteiger partial charge is 0.326 e. The highest BCUT2D eigenvalue weighted by atomic mass is 16.5. The Balaban J connectivity index is 2.44. The number of nitrogens with one attached hydrogen (secondary N) is 1. The van der Waals surface area contributed by atoms with Crippen LogP contribution in [-0.4, -0.2) is 35.7 Å². The summed E-state index contributed by atoms with van der Waals surface area (Å²) >= 11 is 0. The van der Waals surface area contributed by atoms with Crippen molar-refractivity contribution in [1.29, 1.82) is 0 Å². The lowest BCUT2D eigenvalue weighted by atomic mass is 10.1. The Hall–Kier alpha value is -1.36. The Morgan fingerprint density at radius 1 is 1.53 bits per heavy atom. The average Bonchev–Trinajstić information content (AvgIpc) is 2.35. The maximum absolute atomic E-state index is 11.8. The molecule has 1 aliphatic heterocycles. The lowest BCUT2D eigenvalue weighted by Crippen LogP contribution is -2.47. The second-order valence-corrected chi connectivity index (χ2v) is 4.12. The topological polar surface area (TPSA) is 75.6 Å². The van der Waals surface area contributed by atoms with Gasteiger partial charge in [0, 0.05) is 6.61 Å². The quantitative estimate of drug-likeness (QED) is 0.682. The van der Waals surface area contributed by atoms with Crippen molar-refractivity contribution in [3.8, 4) is 0 Å². The van der Waals surface area contributed by atoms with Gasteiger partial charge < -0.3 is 15.2 Å². The van der Waals surface area contributed by atoms with Crippen LogP contribution in [-0.2, 0) is 14.3 Å². The van der Waals surface area contributed by atoms with Gasteiger partial charge in [0.15, 0.2) is 0 Å². The van der Waals surface area contributed by atoms with Crippen molar-refractivity contribution in [3.63, 3.8) is 0 Å². The molecule has 0 saturated carbocycles. The van der Waals surface area contributed by atoms with Gasteiger partial charge in [0.25, 0.3) is 0 Å². The molecule has 1 fully saturated rings. The predicted octanol–water partition coefficient (Wildman–Crippen LogP) is 1.09. The van der Waals surface area contributed by atoms with E-state index in [0.717, 1.165) is 12.8 Å². The van der Waals surface area contributed by atoms with Gasteiger partial charge in [-0.05, 0) is 32.1 Å². The third-order valence-corrected chi connectivity index (χ3v) is 2.75.